The van der Waals surface area contributed by atoms with Crippen LogP contribution in [0.3, 0.4) is 0 Å². The van der Waals surface area contributed by atoms with Gasteiger partial charge in [0, 0.05) is 5.56 Å². The number of aromatic hydroxyl groups is 1. The Morgan fingerprint density at radius 3 is 2.81 bits per heavy atom. The van der Waals surface area contributed by atoms with Crippen LogP contribution in [0, 0.1) is 6.92 Å². The van der Waals surface area contributed by atoms with Crippen molar-refractivity contribution in [1.29, 1.82) is 0 Å². The Morgan fingerprint density at radius 1 is 1.38 bits per heavy atom. The van der Waals surface area contributed by atoms with Gasteiger partial charge in [0.15, 0.2) is 0 Å². The van der Waals surface area contributed by atoms with E-state index in [1.54, 1.807) is 37.3 Å². The van der Waals surface area contributed by atoms with Crippen LogP contribution in [0.2, 0.25) is 5.02 Å². The summed E-state index contributed by atoms with van der Waals surface area (Å²) in [6.45, 7) is 5.37. The van der Waals surface area contributed by atoms with Crippen molar-refractivity contribution < 1.29 is 9.52 Å². The molecule has 0 atom stereocenters. The third-order valence-electron chi connectivity index (χ3n) is 3.62. The molecule has 1 N–H and O–H groups in total. The molecule has 1 heterocycles. The maximum Gasteiger partial charge on any atom is 0.200 e. The molecule has 0 fully saturated rings. The molecule has 0 aliphatic heterocycles. The molecule has 0 amide bonds. The number of para-hydroxylation sites is 1. The zero-order valence-corrected chi connectivity index (χ0v) is 12.2. The van der Waals surface area contributed by atoms with Gasteiger partial charge in [0.2, 0.25) is 5.43 Å². The van der Waals surface area contributed by atoms with Crippen molar-refractivity contribution in [3.05, 3.63) is 63.3 Å². The van der Waals surface area contributed by atoms with Crippen LogP contribution in [-0.4, -0.2) is 5.11 Å². The minimum atomic E-state index is -0.142. The second kappa shape index (κ2) is 4.93. The van der Waals surface area contributed by atoms with Crippen molar-refractivity contribution in [3.8, 4) is 5.75 Å². The Balaban J connectivity index is 2.64. The number of phenolic OH excluding ortho intramolecular Hbond substituents is 1. The third-order valence-corrected chi connectivity index (χ3v) is 4.08. The fourth-order valence-corrected chi connectivity index (χ4v) is 2.76. The van der Waals surface area contributed by atoms with E-state index in [-0.39, 0.29) is 16.2 Å². The molecule has 0 spiro atoms. The first kappa shape index (κ1) is 13.7. The molecule has 0 saturated carbocycles. The maximum atomic E-state index is 12.7. The van der Waals surface area contributed by atoms with E-state index < -0.39 is 0 Å². The molecular formula is C17H13ClO3. The van der Waals surface area contributed by atoms with Gasteiger partial charge >= 0.3 is 0 Å². The Morgan fingerprint density at radius 2 is 2.10 bits per heavy atom. The number of fused-ring (bicyclic) bond motifs is 2. The average Bonchev–Trinajstić information content (AvgIpc) is 2.49. The van der Waals surface area contributed by atoms with Crippen molar-refractivity contribution in [2.24, 2.45) is 0 Å². The monoisotopic (exact) mass is 300 g/mol. The van der Waals surface area contributed by atoms with E-state index in [2.05, 4.69) is 6.58 Å². The van der Waals surface area contributed by atoms with Crippen molar-refractivity contribution in [2.75, 3.05) is 0 Å². The van der Waals surface area contributed by atoms with Gasteiger partial charge in [-0.05, 0) is 31.0 Å². The number of allylic oxidation sites excluding steroid dienone is 1. The highest BCUT2D eigenvalue weighted by Gasteiger charge is 2.20. The van der Waals surface area contributed by atoms with Crippen LogP contribution in [0.4, 0.5) is 0 Å². The zero-order chi connectivity index (χ0) is 15.1. The molecule has 0 saturated heterocycles. The van der Waals surface area contributed by atoms with Crippen LogP contribution >= 0.6 is 11.6 Å². The number of halogens is 1. The highest BCUT2D eigenvalue weighted by molar-refractivity contribution is 6.34. The predicted molar refractivity (Wildman–Crippen MR) is 85.3 cm³/mol. The van der Waals surface area contributed by atoms with Crippen LogP contribution in [0.25, 0.3) is 21.9 Å². The van der Waals surface area contributed by atoms with Gasteiger partial charge in [0.05, 0.1) is 15.8 Å². The van der Waals surface area contributed by atoms with E-state index in [1.165, 1.54) is 0 Å². The highest BCUT2D eigenvalue weighted by atomic mass is 35.5. The topological polar surface area (TPSA) is 50.4 Å². The molecule has 0 aliphatic carbocycles. The normalized spacial score (nSPS) is 11.1. The van der Waals surface area contributed by atoms with Crippen molar-refractivity contribution in [1.82, 2.24) is 0 Å². The summed E-state index contributed by atoms with van der Waals surface area (Å²) in [4.78, 5) is 12.7. The SMILES string of the molecule is C=CCc1c(O)c(Cl)c(C)c2c(=O)c3ccccc3oc12. The smallest absolute Gasteiger partial charge is 0.200 e. The molecule has 106 valence electrons. The van der Waals surface area contributed by atoms with E-state index in [0.29, 0.717) is 39.5 Å². The van der Waals surface area contributed by atoms with Crippen LogP contribution in [0.5, 0.6) is 5.75 Å². The Kier molecular flexibility index (Phi) is 3.22. The molecule has 0 bridgehead atoms. The lowest BCUT2D eigenvalue weighted by Crippen LogP contribution is -2.06. The lowest BCUT2D eigenvalue weighted by atomic mass is 10.0. The Hall–Kier alpha value is -2.26. The molecular weight excluding hydrogens is 288 g/mol. The van der Waals surface area contributed by atoms with Gasteiger partial charge in [-0.1, -0.05) is 29.8 Å². The standard InChI is InChI=1S/C17H13ClO3/c1-3-6-11-16(20)14(18)9(2)13-15(19)10-7-4-5-8-12(10)21-17(11)13/h3-5,7-8,20H,1,6H2,2H3. The van der Waals surface area contributed by atoms with Crippen molar-refractivity contribution in [2.45, 2.75) is 13.3 Å². The molecule has 0 radical (unpaired) electrons. The van der Waals surface area contributed by atoms with Gasteiger partial charge in [-0.25, -0.2) is 0 Å². The Labute approximate surface area is 126 Å². The van der Waals surface area contributed by atoms with Crippen molar-refractivity contribution in [3.63, 3.8) is 0 Å². The zero-order valence-electron chi connectivity index (χ0n) is 11.4. The number of hydrogen-bond acceptors (Lipinski definition) is 3. The molecule has 2 aromatic carbocycles. The second-order valence-corrected chi connectivity index (χ2v) is 5.27. The third kappa shape index (κ3) is 1.93. The van der Waals surface area contributed by atoms with Gasteiger partial charge in [-0.3, -0.25) is 4.79 Å². The lowest BCUT2D eigenvalue weighted by molar-refractivity contribution is 0.468. The van der Waals surface area contributed by atoms with Gasteiger partial charge in [-0.2, -0.15) is 0 Å². The fourth-order valence-electron chi connectivity index (χ4n) is 2.56. The van der Waals surface area contributed by atoms with Gasteiger partial charge < -0.3 is 9.52 Å². The van der Waals surface area contributed by atoms with Crippen LogP contribution in [0.1, 0.15) is 11.1 Å². The summed E-state index contributed by atoms with van der Waals surface area (Å²) in [5.41, 5.74) is 1.73. The van der Waals surface area contributed by atoms with E-state index in [4.69, 9.17) is 16.0 Å². The minimum Gasteiger partial charge on any atom is -0.506 e. The first-order valence-corrected chi connectivity index (χ1v) is 6.90. The summed E-state index contributed by atoms with van der Waals surface area (Å²) in [6, 6.07) is 7.03. The molecule has 3 rings (SSSR count). The first-order chi connectivity index (χ1) is 10.1. The van der Waals surface area contributed by atoms with E-state index in [0.717, 1.165) is 0 Å². The molecule has 21 heavy (non-hydrogen) atoms. The van der Waals surface area contributed by atoms with E-state index >= 15 is 0 Å². The predicted octanol–water partition coefficient (Wildman–Crippen LogP) is 4.34. The molecule has 0 unspecified atom stereocenters. The summed E-state index contributed by atoms with van der Waals surface area (Å²) in [5, 5.41) is 11.3. The number of phenols is 1. The molecule has 1 aromatic heterocycles. The van der Waals surface area contributed by atoms with Crippen LogP contribution in [-0.2, 0) is 6.42 Å². The first-order valence-electron chi connectivity index (χ1n) is 6.52. The number of hydrogen-bond donors (Lipinski definition) is 1. The van der Waals surface area contributed by atoms with E-state index in [1.807, 2.05) is 0 Å². The molecule has 3 aromatic rings. The van der Waals surface area contributed by atoms with Crippen molar-refractivity contribution >= 4 is 33.5 Å². The molecule has 4 heteroatoms. The van der Waals surface area contributed by atoms with Gasteiger partial charge in [0.1, 0.15) is 16.9 Å². The highest BCUT2D eigenvalue weighted by Crippen LogP contribution is 2.38. The summed E-state index contributed by atoms with van der Waals surface area (Å²) >= 11 is 6.16. The quantitative estimate of drug-likeness (QED) is 0.565. The summed E-state index contributed by atoms with van der Waals surface area (Å²) in [5.74, 6) is -0.0556. The summed E-state index contributed by atoms with van der Waals surface area (Å²) in [6.07, 6.45) is 2.00. The minimum absolute atomic E-state index is 0.0556. The molecule has 0 aliphatic rings. The van der Waals surface area contributed by atoms with Gasteiger partial charge in [0.25, 0.3) is 0 Å². The molecule has 3 nitrogen and oxygen atoms in total. The Bertz CT molecular complexity index is 938. The second-order valence-electron chi connectivity index (χ2n) is 4.89. The fraction of sp³-hybridized carbons (Fsp3) is 0.118. The van der Waals surface area contributed by atoms with Crippen LogP contribution < -0.4 is 5.43 Å². The van der Waals surface area contributed by atoms with Crippen LogP contribution in [0.15, 0.2) is 46.1 Å². The number of rotatable bonds is 2. The lowest BCUT2D eigenvalue weighted by Gasteiger charge is -2.12. The van der Waals surface area contributed by atoms with Gasteiger partial charge in [-0.15, -0.1) is 6.58 Å². The maximum absolute atomic E-state index is 12.7. The average molecular weight is 301 g/mol. The number of aryl methyl sites for hydroxylation is 1. The largest absolute Gasteiger partial charge is 0.506 e. The summed E-state index contributed by atoms with van der Waals surface area (Å²) < 4.78 is 5.86. The number of benzene rings is 2. The van der Waals surface area contributed by atoms with E-state index in [9.17, 15) is 9.90 Å². The summed E-state index contributed by atoms with van der Waals surface area (Å²) in [7, 11) is 0.